The van der Waals surface area contributed by atoms with Crippen molar-refractivity contribution < 1.29 is 63.6 Å². The van der Waals surface area contributed by atoms with E-state index in [1.165, 1.54) is 0 Å². The number of rotatable bonds is 29. The lowest BCUT2D eigenvalue weighted by Crippen LogP contribution is -2.59. The maximum atomic E-state index is 13.4. The van der Waals surface area contributed by atoms with Gasteiger partial charge in [0.1, 0.15) is 30.2 Å². The van der Waals surface area contributed by atoms with Crippen molar-refractivity contribution in [2.24, 2.45) is 22.9 Å². The average molecular weight is 748 g/mol. The van der Waals surface area contributed by atoms with Crippen molar-refractivity contribution in [2.75, 3.05) is 19.6 Å². The van der Waals surface area contributed by atoms with Gasteiger partial charge in [0, 0.05) is 0 Å². The zero-order valence-corrected chi connectivity index (χ0v) is 28.8. The highest BCUT2D eigenvalue weighted by Crippen LogP contribution is 2.08. The molecule has 0 aliphatic rings. The van der Waals surface area contributed by atoms with Gasteiger partial charge in [-0.25, -0.2) is 4.79 Å². The van der Waals surface area contributed by atoms with Crippen LogP contribution in [0.15, 0.2) is 0 Å². The highest BCUT2D eigenvalue weighted by atomic mass is 16.4. The molecule has 22 heteroatoms. The van der Waals surface area contributed by atoms with E-state index in [9.17, 15) is 58.5 Å². The summed E-state index contributed by atoms with van der Waals surface area (Å²) in [5.41, 5.74) is 22.1. The third-order valence-electron chi connectivity index (χ3n) is 7.48. The van der Waals surface area contributed by atoms with Gasteiger partial charge in [-0.3, -0.25) is 38.4 Å². The Kier molecular flexibility index (Phi) is 23.5. The lowest BCUT2D eigenvalue weighted by molar-refractivity contribution is -0.144. The van der Waals surface area contributed by atoms with Gasteiger partial charge in [0.25, 0.3) is 0 Å². The molecule has 0 aromatic carbocycles. The number of hydrogen-bond donors (Lipinski definition) is 13. The molecule has 0 spiro atoms. The van der Waals surface area contributed by atoms with Crippen molar-refractivity contribution in [3.63, 3.8) is 0 Å². The van der Waals surface area contributed by atoms with Crippen LogP contribution in [0, 0.1) is 0 Å². The maximum absolute atomic E-state index is 13.4. The number of nitrogens with two attached hydrogens (primary N) is 4. The molecule has 0 saturated carbocycles. The predicted molar refractivity (Wildman–Crippen MR) is 181 cm³/mol. The van der Waals surface area contributed by atoms with Gasteiger partial charge in [-0.1, -0.05) is 0 Å². The summed E-state index contributed by atoms with van der Waals surface area (Å²) in [5, 5.41) is 48.5. The van der Waals surface area contributed by atoms with Crippen LogP contribution in [0.25, 0.3) is 0 Å². The second-order valence-electron chi connectivity index (χ2n) is 11.9. The van der Waals surface area contributed by atoms with Crippen molar-refractivity contribution in [3.05, 3.63) is 0 Å². The van der Waals surface area contributed by atoms with E-state index in [0.29, 0.717) is 25.7 Å². The number of carbonyl (C=O) groups excluding carboxylic acids is 5. The number of carbonyl (C=O) groups is 9. The zero-order chi connectivity index (χ0) is 39.8. The molecule has 52 heavy (non-hydrogen) atoms. The normalized spacial score (nSPS) is 14.3. The average Bonchev–Trinajstić information content (AvgIpc) is 3.05. The number of nitrogens with one attached hydrogen (secondary N) is 5. The zero-order valence-electron chi connectivity index (χ0n) is 28.8. The number of carboxylic acid groups (broad SMARTS) is 4. The van der Waals surface area contributed by atoms with Crippen LogP contribution in [0.2, 0.25) is 0 Å². The summed E-state index contributed by atoms with van der Waals surface area (Å²) >= 11 is 0. The van der Waals surface area contributed by atoms with Gasteiger partial charge in [0.2, 0.25) is 29.5 Å². The van der Waals surface area contributed by atoms with Crippen molar-refractivity contribution in [2.45, 2.75) is 113 Å². The molecule has 0 radical (unpaired) electrons. The number of hydrogen-bond acceptors (Lipinski definition) is 13. The Hall–Kier alpha value is -4.93. The van der Waals surface area contributed by atoms with Gasteiger partial charge < -0.3 is 69.9 Å². The number of amides is 5. The van der Waals surface area contributed by atoms with E-state index in [-0.39, 0.29) is 51.7 Å². The molecule has 0 aromatic heterocycles. The molecule has 22 nitrogen and oxygen atoms in total. The molecule has 0 unspecified atom stereocenters. The van der Waals surface area contributed by atoms with Gasteiger partial charge in [0.15, 0.2) is 0 Å². The topological polar surface area (TPSA) is 399 Å². The summed E-state index contributed by atoms with van der Waals surface area (Å²) in [5.74, 6) is -11.3. The molecule has 0 fully saturated rings. The van der Waals surface area contributed by atoms with E-state index >= 15 is 0 Å². The molecule has 17 N–H and O–H groups in total. The largest absolute Gasteiger partial charge is 0.481 e. The van der Waals surface area contributed by atoms with Crippen LogP contribution >= 0.6 is 0 Å². The van der Waals surface area contributed by atoms with E-state index in [4.69, 9.17) is 28.0 Å². The van der Waals surface area contributed by atoms with Gasteiger partial charge in [-0.05, 0) is 77.4 Å². The third kappa shape index (κ3) is 20.1. The standard InChI is InChI=1S/C30H53N9O13/c31-10-4-1-7-17(35-25(46)16(34)13-22(40)41)26(47)38-20(14-23(42)43)28(49)36-18(8-2-5-11-32)27(48)39-21(15-24(44)45)29(50)37-19(30(51)52)9-3-6-12-33/h16-21H,1-15,31-34H2,(H,35,46)(H,36,49)(H,37,50)(H,38,47)(H,39,48)(H,40,41)(H,42,43)(H,44,45)(H,51,52)/t16-,17-,18-,19-,20-,21-/m0/s1. The van der Waals surface area contributed by atoms with Crippen LogP contribution < -0.4 is 49.5 Å². The fraction of sp³-hybridized carbons (Fsp3) is 0.700. The summed E-state index contributed by atoms with van der Waals surface area (Å²) < 4.78 is 0. The minimum Gasteiger partial charge on any atom is -0.481 e. The lowest BCUT2D eigenvalue weighted by Gasteiger charge is -2.26. The molecule has 0 heterocycles. The van der Waals surface area contributed by atoms with Gasteiger partial charge >= 0.3 is 23.9 Å². The highest BCUT2D eigenvalue weighted by Gasteiger charge is 2.34. The van der Waals surface area contributed by atoms with Crippen LogP contribution in [0.5, 0.6) is 0 Å². The first-order chi connectivity index (χ1) is 24.5. The van der Waals surface area contributed by atoms with Crippen molar-refractivity contribution in [1.82, 2.24) is 26.6 Å². The quantitative estimate of drug-likeness (QED) is 0.0321. The minimum atomic E-state index is -1.83. The van der Waals surface area contributed by atoms with Crippen molar-refractivity contribution in [3.8, 4) is 0 Å². The van der Waals surface area contributed by atoms with Crippen LogP contribution in [0.3, 0.4) is 0 Å². The van der Waals surface area contributed by atoms with Crippen LogP contribution in [-0.2, 0) is 43.2 Å². The molecule has 0 rings (SSSR count). The first kappa shape index (κ1) is 47.1. The first-order valence-corrected chi connectivity index (χ1v) is 16.7. The predicted octanol–water partition coefficient (Wildman–Crippen LogP) is -4.37. The summed E-state index contributed by atoms with van der Waals surface area (Å²) in [4.78, 5) is 111. The molecule has 0 aromatic rings. The molecule has 296 valence electrons. The van der Waals surface area contributed by atoms with Crippen molar-refractivity contribution >= 4 is 53.4 Å². The Bertz CT molecular complexity index is 1240. The third-order valence-corrected chi connectivity index (χ3v) is 7.48. The first-order valence-electron chi connectivity index (χ1n) is 16.7. The summed E-state index contributed by atoms with van der Waals surface area (Å²) in [6, 6.07) is -9.51. The fourth-order valence-electron chi connectivity index (χ4n) is 4.69. The summed E-state index contributed by atoms with van der Waals surface area (Å²) in [6.07, 6.45) is -0.915. The second-order valence-corrected chi connectivity index (χ2v) is 11.9. The SMILES string of the molecule is NCCCC[C@H](NC(=O)[C@H](CC(=O)O)NC(=O)[C@H](CCCCN)NC(=O)[C@H](CC(=O)O)NC(=O)[C@H](CCCCN)NC(=O)[C@@H](N)CC(=O)O)C(=O)O. The van der Waals surface area contributed by atoms with Crippen LogP contribution in [-0.4, -0.2) is 130 Å². The second kappa shape index (κ2) is 25.9. The Morgan fingerprint density at radius 1 is 0.404 bits per heavy atom. The summed E-state index contributed by atoms with van der Waals surface area (Å²) in [6.45, 7) is 0.669. The smallest absolute Gasteiger partial charge is 0.326 e. The number of carboxylic acids is 4. The Morgan fingerprint density at radius 2 is 0.692 bits per heavy atom. The van der Waals surface area contributed by atoms with Crippen LogP contribution in [0.4, 0.5) is 0 Å². The fourth-order valence-corrected chi connectivity index (χ4v) is 4.69. The molecule has 0 aliphatic heterocycles. The Balaban J connectivity index is 6.20. The minimum absolute atomic E-state index is 0.0346. The van der Waals surface area contributed by atoms with Gasteiger partial charge in [0.05, 0.1) is 25.3 Å². The molecule has 0 bridgehead atoms. The van der Waals surface area contributed by atoms with Gasteiger partial charge in [-0.2, -0.15) is 0 Å². The van der Waals surface area contributed by atoms with E-state index in [1.807, 2.05) is 0 Å². The number of unbranched alkanes of at least 4 members (excludes halogenated alkanes) is 3. The Labute approximate surface area is 299 Å². The summed E-state index contributed by atoms with van der Waals surface area (Å²) in [7, 11) is 0. The molecule has 0 aliphatic carbocycles. The van der Waals surface area contributed by atoms with E-state index < -0.39 is 109 Å². The van der Waals surface area contributed by atoms with Crippen molar-refractivity contribution in [1.29, 1.82) is 0 Å². The molecule has 5 amide bonds. The lowest BCUT2D eigenvalue weighted by atomic mass is 10.0. The van der Waals surface area contributed by atoms with E-state index in [0.717, 1.165) is 0 Å². The molecular weight excluding hydrogens is 694 g/mol. The molecule has 0 saturated heterocycles. The monoisotopic (exact) mass is 747 g/mol. The molecular formula is C30H53N9O13. The molecule has 6 atom stereocenters. The Morgan fingerprint density at radius 3 is 1.02 bits per heavy atom. The number of aliphatic carboxylic acids is 4. The highest BCUT2D eigenvalue weighted by molar-refractivity contribution is 5.98. The van der Waals surface area contributed by atoms with E-state index in [2.05, 4.69) is 26.6 Å². The van der Waals surface area contributed by atoms with Crippen LogP contribution in [0.1, 0.15) is 77.0 Å². The van der Waals surface area contributed by atoms with Gasteiger partial charge in [-0.15, -0.1) is 0 Å². The maximum Gasteiger partial charge on any atom is 0.326 e. The van der Waals surface area contributed by atoms with E-state index in [1.54, 1.807) is 0 Å².